The third-order valence-electron chi connectivity index (χ3n) is 5.73. The number of hydrogen-bond donors (Lipinski definition) is 3. The summed E-state index contributed by atoms with van der Waals surface area (Å²) >= 11 is 0. The molecule has 1 saturated heterocycles. The zero-order chi connectivity index (χ0) is 23.3. The summed E-state index contributed by atoms with van der Waals surface area (Å²) in [5.41, 5.74) is 1.85. The number of carbonyl (C=O) groups is 3. The van der Waals surface area contributed by atoms with Crippen LogP contribution in [-0.4, -0.2) is 48.4 Å². The van der Waals surface area contributed by atoms with Crippen LogP contribution in [0, 0.1) is 11.3 Å². The number of carbonyl (C=O) groups excluding carboxylic acids is 3. The number of fused-ring (bicyclic) bond motifs is 1. The molecule has 1 fully saturated rings. The zero-order valence-electron chi connectivity index (χ0n) is 18.6. The third kappa shape index (κ3) is 5.26. The lowest BCUT2D eigenvalue weighted by molar-refractivity contribution is -0.151. The highest BCUT2D eigenvalue weighted by atomic mass is 16.5. The van der Waals surface area contributed by atoms with Crippen LogP contribution in [0.1, 0.15) is 32.8 Å². The molecule has 0 aromatic heterocycles. The molecule has 3 N–H and O–H groups in total. The predicted octanol–water partition coefficient (Wildman–Crippen LogP) is 2.37. The van der Waals surface area contributed by atoms with Crippen molar-refractivity contribution in [3.05, 3.63) is 48.0 Å². The maximum absolute atomic E-state index is 13.4. The van der Waals surface area contributed by atoms with Gasteiger partial charge < -0.3 is 14.8 Å². The van der Waals surface area contributed by atoms with E-state index in [4.69, 9.17) is 9.47 Å². The summed E-state index contributed by atoms with van der Waals surface area (Å²) in [5.74, 6) is -2.81. The monoisotopic (exact) mass is 442 g/mol. The molecule has 172 valence electrons. The lowest BCUT2D eigenvalue weighted by Crippen LogP contribution is -2.53. The van der Waals surface area contributed by atoms with Gasteiger partial charge in [-0.25, -0.2) is 10.3 Å². The molecule has 0 aliphatic carbocycles. The number of esters is 1. The van der Waals surface area contributed by atoms with Gasteiger partial charge in [0.2, 0.25) is 5.91 Å². The Labute approximate surface area is 187 Å². The van der Waals surface area contributed by atoms with E-state index < -0.39 is 41.3 Å². The molecule has 1 aliphatic heterocycles. The Bertz CT molecular complexity index is 989. The molecule has 0 saturated carbocycles. The SMILES string of the molecule is CCCO[C@H](C(=O)NO)[C@@H](Cc1ccc2ccccc2c1)C(=O)N[C@@H]1C(=O)OCC1(C)C. The fourth-order valence-electron chi connectivity index (χ4n) is 3.89. The highest BCUT2D eigenvalue weighted by molar-refractivity contribution is 5.92. The van der Waals surface area contributed by atoms with Crippen molar-refractivity contribution in [2.45, 2.75) is 45.8 Å². The lowest BCUT2D eigenvalue weighted by Gasteiger charge is -2.29. The molecular formula is C24H30N2O6. The highest BCUT2D eigenvalue weighted by Crippen LogP contribution is 2.29. The van der Waals surface area contributed by atoms with Crippen LogP contribution in [0.4, 0.5) is 0 Å². The molecule has 1 aliphatic rings. The summed E-state index contributed by atoms with van der Waals surface area (Å²) in [4.78, 5) is 38.0. The Balaban J connectivity index is 1.92. The molecular weight excluding hydrogens is 412 g/mol. The van der Waals surface area contributed by atoms with Crippen molar-refractivity contribution in [2.75, 3.05) is 13.2 Å². The minimum absolute atomic E-state index is 0.181. The second-order valence-corrected chi connectivity index (χ2v) is 8.80. The molecule has 8 nitrogen and oxygen atoms in total. The van der Waals surface area contributed by atoms with Crippen LogP contribution < -0.4 is 10.8 Å². The number of hydrogen-bond acceptors (Lipinski definition) is 6. The summed E-state index contributed by atoms with van der Waals surface area (Å²) in [7, 11) is 0. The molecule has 0 spiro atoms. The van der Waals surface area contributed by atoms with Gasteiger partial charge in [-0.05, 0) is 29.2 Å². The first kappa shape index (κ1) is 23.7. The van der Waals surface area contributed by atoms with Gasteiger partial charge in [-0.1, -0.05) is 63.2 Å². The number of hydroxylamine groups is 1. The van der Waals surface area contributed by atoms with E-state index >= 15 is 0 Å². The molecule has 32 heavy (non-hydrogen) atoms. The van der Waals surface area contributed by atoms with Crippen LogP contribution >= 0.6 is 0 Å². The number of cyclic esters (lactones) is 1. The topological polar surface area (TPSA) is 114 Å². The van der Waals surface area contributed by atoms with Gasteiger partial charge >= 0.3 is 5.97 Å². The quantitative estimate of drug-likeness (QED) is 0.312. The minimum atomic E-state index is -1.23. The highest BCUT2D eigenvalue weighted by Gasteiger charge is 2.46. The Morgan fingerprint density at radius 2 is 1.91 bits per heavy atom. The largest absolute Gasteiger partial charge is 0.463 e. The molecule has 3 rings (SSSR count). The second-order valence-electron chi connectivity index (χ2n) is 8.80. The van der Waals surface area contributed by atoms with E-state index in [1.807, 2.05) is 63.2 Å². The number of benzene rings is 2. The van der Waals surface area contributed by atoms with Crippen molar-refractivity contribution >= 4 is 28.6 Å². The summed E-state index contributed by atoms with van der Waals surface area (Å²) < 4.78 is 10.8. The fourth-order valence-corrected chi connectivity index (χ4v) is 3.89. The van der Waals surface area contributed by atoms with Gasteiger partial charge in [0.1, 0.15) is 12.1 Å². The first-order valence-electron chi connectivity index (χ1n) is 10.8. The van der Waals surface area contributed by atoms with E-state index in [1.165, 1.54) is 0 Å². The van der Waals surface area contributed by atoms with Gasteiger partial charge in [-0.3, -0.25) is 14.8 Å². The number of amides is 2. The first-order valence-corrected chi connectivity index (χ1v) is 10.8. The smallest absolute Gasteiger partial charge is 0.329 e. The zero-order valence-corrected chi connectivity index (χ0v) is 18.6. The molecule has 2 amide bonds. The number of rotatable bonds is 9. The number of ether oxygens (including phenoxy) is 2. The average Bonchev–Trinajstić information content (AvgIpc) is 3.04. The summed E-state index contributed by atoms with van der Waals surface area (Å²) in [6, 6.07) is 12.8. The molecule has 0 unspecified atom stereocenters. The van der Waals surface area contributed by atoms with Crippen LogP contribution in [0.15, 0.2) is 42.5 Å². The summed E-state index contributed by atoms with van der Waals surface area (Å²) in [6.45, 7) is 5.96. The third-order valence-corrected chi connectivity index (χ3v) is 5.73. The van der Waals surface area contributed by atoms with Gasteiger partial charge in [0.05, 0.1) is 12.5 Å². The fraction of sp³-hybridized carbons (Fsp3) is 0.458. The van der Waals surface area contributed by atoms with E-state index in [1.54, 1.807) is 5.48 Å². The maximum atomic E-state index is 13.4. The standard InChI is InChI=1S/C24H30N2O6/c1-4-11-31-19(22(28)26-30)18(21(27)25-20-23(29)32-14-24(20,2)3)13-15-9-10-16-7-5-6-8-17(16)12-15/h5-10,12,18-20,30H,4,11,13-14H2,1-3H3,(H,25,27)(H,26,28)/t18-,19+,20-/m1/s1. The van der Waals surface area contributed by atoms with Crippen LogP contribution in [0.5, 0.6) is 0 Å². The predicted molar refractivity (Wildman–Crippen MR) is 118 cm³/mol. The summed E-state index contributed by atoms with van der Waals surface area (Å²) in [6.07, 6.45) is -0.422. The van der Waals surface area contributed by atoms with E-state index in [-0.39, 0.29) is 19.6 Å². The van der Waals surface area contributed by atoms with Crippen molar-refractivity contribution < 1.29 is 29.1 Å². The lowest BCUT2D eigenvalue weighted by atomic mass is 9.86. The van der Waals surface area contributed by atoms with Gasteiger partial charge in [0.15, 0.2) is 0 Å². The molecule has 1 heterocycles. The van der Waals surface area contributed by atoms with E-state index in [0.29, 0.717) is 6.42 Å². The Morgan fingerprint density at radius 3 is 2.53 bits per heavy atom. The van der Waals surface area contributed by atoms with Gasteiger partial charge in [-0.15, -0.1) is 0 Å². The van der Waals surface area contributed by atoms with Crippen LogP contribution in [-0.2, 0) is 30.3 Å². The van der Waals surface area contributed by atoms with Crippen molar-refractivity contribution in [1.82, 2.24) is 10.8 Å². The van der Waals surface area contributed by atoms with E-state index in [9.17, 15) is 19.6 Å². The Morgan fingerprint density at radius 1 is 1.19 bits per heavy atom. The van der Waals surface area contributed by atoms with Gasteiger partial charge in [-0.2, -0.15) is 0 Å². The van der Waals surface area contributed by atoms with E-state index in [0.717, 1.165) is 16.3 Å². The molecule has 3 atom stereocenters. The molecule has 0 bridgehead atoms. The van der Waals surface area contributed by atoms with Gasteiger partial charge in [0, 0.05) is 12.0 Å². The normalized spacial score (nSPS) is 19.2. The second kappa shape index (κ2) is 10.1. The maximum Gasteiger partial charge on any atom is 0.329 e. The molecule has 8 heteroatoms. The molecule has 2 aromatic carbocycles. The Hall–Kier alpha value is -2.97. The van der Waals surface area contributed by atoms with E-state index in [2.05, 4.69) is 5.32 Å². The van der Waals surface area contributed by atoms with Crippen molar-refractivity contribution in [3.63, 3.8) is 0 Å². The average molecular weight is 443 g/mol. The van der Waals surface area contributed by atoms with Crippen LogP contribution in [0.25, 0.3) is 10.8 Å². The first-order chi connectivity index (χ1) is 15.3. The minimum Gasteiger partial charge on any atom is -0.463 e. The van der Waals surface area contributed by atoms with Crippen molar-refractivity contribution in [3.8, 4) is 0 Å². The number of nitrogens with one attached hydrogen (secondary N) is 2. The van der Waals surface area contributed by atoms with Gasteiger partial charge in [0.25, 0.3) is 5.91 Å². The van der Waals surface area contributed by atoms with Crippen molar-refractivity contribution in [2.24, 2.45) is 11.3 Å². The van der Waals surface area contributed by atoms with Crippen LogP contribution in [0.3, 0.4) is 0 Å². The molecule has 2 aromatic rings. The summed E-state index contributed by atoms with van der Waals surface area (Å²) in [5, 5.41) is 14.1. The van der Waals surface area contributed by atoms with Crippen LogP contribution in [0.2, 0.25) is 0 Å². The van der Waals surface area contributed by atoms with Crippen molar-refractivity contribution in [1.29, 1.82) is 0 Å². The molecule has 0 radical (unpaired) electrons. The Kier molecular flexibility index (Phi) is 7.48.